The van der Waals surface area contributed by atoms with E-state index >= 15 is 0 Å². The molecule has 132 valence electrons. The van der Waals surface area contributed by atoms with Crippen molar-refractivity contribution in [2.24, 2.45) is 4.99 Å². The number of ketones is 1. The molecule has 1 N–H and O–H groups in total. The van der Waals surface area contributed by atoms with Crippen LogP contribution in [0.2, 0.25) is 0 Å². The van der Waals surface area contributed by atoms with Gasteiger partial charge in [-0.2, -0.15) is 0 Å². The number of rotatable bonds is 9. The summed E-state index contributed by atoms with van der Waals surface area (Å²) in [6.07, 6.45) is 0. The number of nitrogens with zero attached hydrogens (tertiary/aromatic N) is 1. The first-order valence-corrected chi connectivity index (χ1v) is 8.71. The number of hydrogen-bond acceptors (Lipinski definition) is 7. The van der Waals surface area contributed by atoms with Crippen LogP contribution in [-0.2, 0) is 14.3 Å². The number of carbonyl (C=O) groups excluding carboxylic acids is 1. The van der Waals surface area contributed by atoms with Crippen LogP contribution in [0.4, 0.5) is 0 Å². The van der Waals surface area contributed by atoms with Crippen LogP contribution >= 0.6 is 11.8 Å². The molecule has 1 aliphatic rings. The Bertz CT molecular complexity index is 619. The maximum Gasteiger partial charge on any atom is 0.157 e. The van der Waals surface area contributed by atoms with E-state index in [0.717, 1.165) is 0 Å². The maximum atomic E-state index is 11.7. The third kappa shape index (κ3) is 4.72. The van der Waals surface area contributed by atoms with E-state index in [-0.39, 0.29) is 11.5 Å². The second-order valence-corrected chi connectivity index (χ2v) is 6.63. The van der Waals surface area contributed by atoms with Gasteiger partial charge in [0.1, 0.15) is 28.7 Å². The predicted molar refractivity (Wildman–Crippen MR) is 94.4 cm³/mol. The number of benzene rings is 1. The maximum absolute atomic E-state index is 11.7. The summed E-state index contributed by atoms with van der Waals surface area (Å²) in [4.78, 5) is 16.2. The van der Waals surface area contributed by atoms with Crippen molar-refractivity contribution >= 4 is 22.6 Å². The largest absolute Gasteiger partial charge is 0.507 e. The highest BCUT2D eigenvalue weighted by Gasteiger charge is 2.36. The van der Waals surface area contributed by atoms with E-state index in [1.807, 2.05) is 6.92 Å². The normalized spacial score (nSPS) is 20.0. The third-order valence-electron chi connectivity index (χ3n) is 3.72. The Hall–Kier alpha value is -1.57. The number of thioether (sulfide) groups is 1. The van der Waals surface area contributed by atoms with Gasteiger partial charge in [0.15, 0.2) is 5.78 Å². The van der Waals surface area contributed by atoms with Gasteiger partial charge >= 0.3 is 0 Å². The molecule has 0 unspecified atom stereocenters. The zero-order chi connectivity index (χ0) is 17.6. The molecule has 2 rings (SSSR count). The van der Waals surface area contributed by atoms with Crippen molar-refractivity contribution in [3.05, 3.63) is 23.8 Å². The van der Waals surface area contributed by atoms with Gasteiger partial charge < -0.3 is 19.3 Å². The summed E-state index contributed by atoms with van der Waals surface area (Å²) in [5, 5.41) is 10.9. The van der Waals surface area contributed by atoms with E-state index in [0.29, 0.717) is 48.5 Å². The summed E-state index contributed by atoms with van der Waals surface area (Å²) in [6, 6.07) is 5.09. The molecule has 0 aliphatic carbocycles. The highest BCUT2D eigenvalue weighted by Crippen LogP contribution is 2.35. The zero-order valence-corrected chi connectivity index (χ0v) is 15.0. The van der Waals surface area contributed by atoms with Crippen LogP contribution in [0, 0.1) is 0 Å². The molecule has 1 aliphatic heterocycles. The molecule has 0 fully saturated rings. The first kappa shape index (κ1) is 18.8. The van der Waals surface area contributed by atoms with Crippen LogP contribution in [0.3, 0.4) is 0 Å². The average Bonchev–Trinajstić information content (AvgIpc) is 2.94. The molecule has 0 radical (unpaired) electrons. The number of Topliss-reactive ketones (excluding diaryl/α,β-unsaturated/α-hetero) is 1. The molecule has 24 heavy (non-hydrogen) atoms. The Labute approximate surface area is 146 Å². The van der Waals surface area contributed by atoms with Crippen molar-refractivity contribution in [2.45, 2.75) is 19.4 Å². The fourth-order valence-electron chi connectivity index (χ4n) is 2.06. The Morgan fingerprint density at radius 1 is 1.33 bits per heavy atom. The fraction of sp³-hybridized carbons (Fsp3) is 0.529. The molecule has 0 amide bonds. The summed E-state index contributed by atoms with van der Waals surface area (Å²) >= 11 is 1.48. The van der Waals surface area contributed by atoms with Gasteiger partial charge in [-0.05, 0) is 26.0 Å². The second-order valence-electron chi connectivity index (χ2n) is 5.67. The van der Waals surface area contributed by atoms with Gasteiger partial charge in [-0.3, -0.25) is 9.79 Å². The van der Waals surface area contributed by atoms with E-state index < -0.39 is 5.54 Å². The van der Waals surface area contributed by atoms with Crippen molar-refractivity contribution in [3.8, 4) is 11.5 Å². The Morgan fingerprint density at radius 3 is 2.71 bits per heavy atom. The molecular formula is C17H23NO5S. The van der Waals surface area contributed by atoms with Gasteiger partial charge in [0, 0.05) is 24.5 Å². The first-order chi connectivity index (χ1) is 11.5. The number of hydrogen-bond donors (Lipinski definition) is 1. The number of phenols is 1. The predicted octanol–water partition coefficient (Wildman–Crippen LogP) is 2.28. The molecule has 1 atom stereocenters. The molecule has 0 saturated heterocycles. The summed E-state index contributed by atoms with van der Waals surface area (Å²) < 4.78 is 15.7. The fourth-order valence-corrected chi connectivity index (χ4v) is 3.34. The topological polar surface area (TPSA) is 77.3 Å². The van der Waals surface area contributed by atoms with Crippen molar-refractivity contribution < 1.29 is 24.1 Å². The summed E-state index contributed by atoms with van der Waals surface area (Å²) in [7, 11) is 1.62. The van der Waals surface area contributed by atoms with E-state index in [4.69, 9.17) is 14.2 Å². The minimum atomic E-state index is -0.707. The number of carbonyl (C=O) groups is 1. The Kier molecular flexibility index (Phi) is 6.65. The van der Waals surface area contributed by atoms with Crippen molar-refractivity contribution in [3.63, 3.8) is 0 Å². The van der Waals surface area contributed by atoms with Crippen LogP contribution in [0.25, 0.3) is 0 Å². The molecule has 0 spiro atoms. The minimum absolute atomic E-state index is 0.0258. The molecule has 0 saturated carbocycles. The molecule has 1 aromatic rings. The van der Waals surface area contributed by atoms with Gasteiger partial charge in [0.25, 0.3) is 0 Å². The monoisotopic (exact) mass is 353 g/mol. The quantitative estimate of drug-likeness (QED) is 0.686. The number of ether oxygens (including phenoxy) is 3. The number of aromatic hydroxyl groups is 1. The third-order valence-corrected chi connectivity index (χ3v) is 5.02. The molecule has 0 aromatic heterocycles. The van der Waals surface area contributed by atoms with Crippen LogP contribution < -0.4 is 4.74 Å². The molecule has 1 aromatic carbocycles. The van der Waals surface area contributed by atoms with E-state index in [9.17, 15) is 9.90 Å². The lowest BCUT2D eigenvalue weighted by Crippen LogP contribution is -2.31. The van der Waals surface area contributed by atoms with E-state index in [1.165, 1.54) is 11.8 Å². The standard InChI is InChI=1S/C17H23NO5S/c1-12(19)17(2)11-24-16(18-17)14-5-4-13(10-15(14)20)23-9-8-22-7-6-21-3/h4-5,10,20H,6-9,11H2,1-3H3/t17-/m1/s1. The van der Waals surface area contributed by atoms with Crippen LogP contribution in [0.1, 0.15) is 19.4 Å². The van der Waals surface area contributed by atoms with Gasteiger partial charge in [0.2, 0.25) is 0 Å². The summed E-state index contributed by atoms with van der Waals surface area (Å²) in [6.45, 7) is 5.27. The van der Waals surface area contributed by atoms with Gasteiger partial charge in [-0.25, -0.2) is 0 Å². The van der Waals surface area contributed by atoms with Gasteiger partial charge in [0.05, 0.1) is 19.8 Å². The molecule has 6 nitrogen and oxygen atoms in total. The van der Waals surface area contributed by atoms with Crippen molar-refractivity contribution in [1.82, 2.24) is 0 Å². The number of phenolic OH excluding ortho intramolecular Hbond substituents is 1. The van der Waals surface area contributed by atoms with Crippen molar-refractivity contribution in [2.75, 3.05) is 39.3 Å². The van der Waals surface area contributed by atoms with Crippen LogP contribution in [-0.4, -0.2) is 60.8 Å². The van der Waals surface area contributed by atoms with Gasteiger partial charge in [-0.15, -0.1) is 11.8 Å². The van der Waals surface area contributed by atoms with Crippen LogP contribution in [0.15, 0.2) is 23.2 Å². The minimum Gasteiger partial charge on any atom is -0.507 e. The lowest BCUT2D eigenvalue weighted by molar-refractivity contribution is -0.120. The molecule has 1 heterocycles. The highest BCUT2D eigenvalue weighted by atomic mass is 32.2. The van der Waals surface area contributed by atoms with Gasteiger partial charge in [-0.1, -0.05) is 0 Å². The average molecular weight is 353 g/mol. The molecule has 0 bridgehead atoms. The van der Waals surface area contributed by atoms with E-state index in [2.05, 4.69) is 4.99 Å². The SMILES string of the molecule is COCCOCCOc1ccc(C2=N[C@@](C)(C(C)=O)CS2)c(O)c1. The second kappa shape index (κ2) is 8.50. The lowest BCUT2D eigenvalue weighted by atomic mass is 10.0. The first-order valence-electron chi connectivity index (χ1n) is 7.73. The molecular weight excluding hydrogens is 330 g/mol. The number of methoxy groups -OCH3 is 1. The Morgan fingerprint density at radius 2 is 2.08 bits per heavy atom. The summed E-state index contributed by atoms with van der Waals surface area (Å²) in [5.74, 6) is 1.27. The lowest BCUT2D eigenvalue weighted by Gasteiger charge is -2.14. The Balaban J connectivity index is 1.94. The number of aliphatic imine (C=N–C) groups is 1. The van der Waals surface area contributed by atoms with E-state index in [1.54, 1.807) is 32.2 Å². The molecule has 7 heteroatoms. The summed E-state index contributed by atoms with van der Waals surface area (Å²) in [5.41, 5.74) is -0.0881. The zero-order valence-electron chi connectivity index (χ0n) is 14.2. The van der Waals surface area contributed by atoms with Crippen molar-refractivity contribution in [1.29, 1.82) is 0 Å². The van der Waals surface area contributed by atoms with Crippen LogP contribution in [0.5, 0.6) is 11.5 Å². The highest BCUT2D eigenvalue weighted by molar-refractivity contribution is 8.14. The smallest absolute Gasteiger partial charge is 0.157 e.